The van der Waals surface area contributed by atoms with Gasteiger partial charge in [-0.3, -0.25) is 0 Å². The Morgan fingerprint density at radius 2 is 0.357 bits per heavy atom. The van der Waals surface area contributed by atoms with Crippen LogP contribution in [0.1, 0.15) is 245 Å². The van der Waals surface area contributed by atoms with Crippen LogP contribution < -0.4 is 0 Å². The van der Waals surface area contributed by atoms with Gasteiger partial charge in [0, 0.05) is 0 Å². The summed E-state index contributed by atoms with van der Waals surface area (Å²) in [6.07, 6.45) is 52.8. The van der Waals surface area contributed by atoms with E-state index < -0.39 is 0 Å². The van der Waals surface area contributed by atoms with Crippen LogP contribution in [-0.4, -0.2) is 25.0 Å². The molecule has 0 bridgehead atoms. The first kappa shape index (κ1) is 42.0. The minimum absolute atomic E-state index is 1.32. The Balaban J connectivity index is 3.13. The lowest BCUT2D eigenvalue weighted by Gasteiger charge is -2.16. The zero-order valence-electron chi connectivity index (χ0n) is 30.3. The van der Waals surface area contributed by atoms with Gasteiger partial charge in [-0.1, -0.05) is 232 Å². The first-order chi connectivity index (χ1) is 20.8. The molecule has 0 rings (SSSR count). The van der Waals surface area contributed by atoms with Crippen molar-refractivity contribution in [3.8, 4) is 0 Å². The average molecular weight is 592 g/mol. The SMILES string of the molecule is CCCCCCCCCCCCCCCCCCCCN(C)CCCCCCCCCCCCCCCCCCCC. The predicted octanol–water partition coefficient (Wildman–Crippen LogP) is 15.0. The second-order valence-electron chi connectivity index (χ2n) is 14.3. The molecule has 0 amide bonds. The molecule has 1 heteroatoms. The molecule has 42 heavy (non-hydrogen) atoms. The maximum Gasteiger partial charge on any atom is -0.00218 e. The molecule has 0 unspecified atom stereocenters. The van der Waals surface area contributed by atoms with E-state index in [4.69, 9.17) is 0 Å². The fourth-order valence-corrected chi connectivity index (χ4v) is 6.68. The van der Waals surface area contributed by atoms with Crippen LogP contribution in [-0.2, 0) is 0 Å². The predicted molar refractivity (Wildman–Crippen MR) is 195 cm³/mol. The van der Waals surface area contributed by atoms with Crippen molar-refractivity contribution in [2.45, 2.75) is 245 Å². The molecule has 0 aliphatic carbocycles. The van der Waals surface area contributed by atoms with Gasteiger partial charge >= 0.3 is 0 Å². The molecule has 1 nitrogen and oxygen atoms in total. The molecule has 0 aromatic rings. The highest BCUT2D eigenvalue weighted by Gasteiger charge is 2.00. The van der Waals surface area contributed by atoms with Crippen LogP contribution >= 0.6 is 0 Å². The molecule has 0 radical (unpaired) electrons. The van der Waals surface area contributed by atoms with Crippen LogP contribution in [0.2, 0.25) is 0 Å². The van der Waals surface area contributed by atoms with E-state index in [2.05, 4.69) is 25.8 Å². The molecule has 0 atom stereocenters. The fraction of sp³-hybridized carbons (Fsp3) is 1.00. The Hall–Kier alpha value is -0.0400. The van der Waals surface area contributed by atoms with Crippen molar-refractivity contribution in [1.29, 1.82) is 0 Å². The summed E-state index contributed by atoms with van der Waals surface area (Å²) < 4.78 is 0. The van der Waals surface area contributed by atoms with Gasteiger partial charge in [-0.05, 0) is 33.0 Å². The summed E-state index contributed by atoms with van der Waals surface area (Å²) in [5.41, 5.74) is 0. The summed E-state index contributed by atoms with van der Waals surface area (Å²) in [4.78, 5) is 2.60. The first-order valence-corrected chi connectivity index (χ1v) is 20.5. The van der Waals surface area contributed by atoms with Gasteiger partial charge in [0.15, 0.2) is 0 Å². The van der Waals surface area contributed by atoms with E-state index in [0.717, 1.165) is 0 Å². The first-order valence-electron chi connectivity index (χ1n) is 20.5. The molecule has 0 N–H and O–H groups in total. The van der Waals surface area contributed by atoms with E-state index >= 15 is 0 Å². The van der Waals surface area contributed by atoms with Gasteiger partial charge in [-0.2, -0.15) is 0 Å². The fourth-order valence-electron chi connectivity index (χ4n) is 6.68. The maximum absolute atomic E-state index is 2.60. The Bertz CT molecular complexity index is 406. The number of hydrogen-bond donors (Lipinski definition) is 0. The second-order valence-corrected chi connectivity index (χ2v) is 14.3. The molecule has 0 aromatic heterocycles. The average Bonchev–Trinajstić information content (AvgIpc) is 3.00. The lowest BCUT2D eigenvalue weighted by atomic mass is 10.0. The molecule has 0 saturated heterocycles. The van der Waals surface area contributed by atoms with Crippen LogP contribution in [0.4, 0.5) is 0 Å². The van der Waals surface area contributed by atoms with Crippen LogP contribution in [0.5, 0.6) is 0 Å². The molecular formula is C41H85N. The van der Waals surface area contributed by atoms with Crippen molar-refractivity contribution in [3.63, 3.8) is 0 Å². The number of nitrogens with zero attached hydrogens (tertiary/aromatic N) is 1. The van der Waals surface area contributed by atoms with E-state index in [1.807, 2.05) is 0 Å². The normalized spacial score (nSPS) is 11.7. The lowest BCUT2D eigenvalue weighted by Crippen LogP contribution is -2.20. The molecule has 254 valence electrons. The number of hydrogen-bond acceptors (Lipinski definition) is 1. The third kappa shape index (κ3) is 38.0. The van der Waals surface area contributed by atoms with Gasteiger partial charge in [-0.25, -0.2) is 0 Å². The van der Waals surface area contributed by atoms with Crippen LogP contribution in [0, 0.1) is 0 Å². The Morgan fingerprint density at radius 3 is 0.524 bits per heavy atom. The highest BCUT2D eigenvalue weighted by molar-refractivity contribution is 4.56. The van der Waals surface area contributed by atoms with Crippen molar-refractivity contribution < 1.29 is 0 Å². The number of rotatable bonds is 38. The largest absolute Gasteiger partial charge is 0.306 e. The van der Waals surface area contributed by atoms with Crippen molar-refractivity contribution in [2.24, 2.45) is 0 Å². The molecular weight excluding hydrogens is 506 g/mol. The quantitative estimate of drug-likeness (QED) is 0.0645. The van der Waals surface area contributed by atoms with Crippen LogP contribution in [0.15, 0.2) is 0 Å². The Labute approximate surface area is 269 Å². The zero-order valence-corrected chi connectivity index (χ0v) is 30.3. The minimum atomic E-state index is 1.32. The topological polar surface area (TPSA) is 3.24 Å². The smallest absolute Gasteiger partial charge is 0.00218 e. The molecule has 0 aliphatic rings. The van der Waals surface area contributed by atoms with Crippen LogP contribution in [0.3, 0.4) is 0 Å². The molecule has 0 spiro atoms. The highest BCUT2D eigenvalue weighted by atomic mass is 15.1. The summed E-state index contributed by atoms with van der Waals surface area (Å²) in [5.74, 6) is 0. The molecule has 0 aromatic carbocycles. The highest BCUT2D eigenvalue weighted by Crippen LogP contribution is 2.16. The van der Waals surface area contributed by atoms with Crippen molar-refractivity contribution >= 4 is 0 Å². The van der Waals surface area contributed by atoms with Crippen molar-refractivity contribution in [1.82, 2.24) is 4.90 Å². The Kier molecular flexibility index (Phi) is 38.9. The number of unbranched alkanes of at least 4 members (excludes halogenated alkanes) is 34. The lowest BCUT2D eigenvalue weighted by molar-refractivity contribution is 0.314. The summed E-state index contributed by atoms with van der Waals surface area (Å²) in [5, 5.41) is 0. The van der Waals surface area contributed by atoms with E-state index in [0.29, 0.717) is 0 Å². The van der Waals surface area contributed by atoms with Gasteiger partial charge in [0.2, 0.25) is 0 Å². The zero-order chi connectivity index (χ0) is 30.4. The Morgan fingerprint density at radius 1 is 0.214 bits per heavy atom. The van der Waals surface area contributed by atoms with Gasteiger partial charge in [0.1, 0.15) is 0 Å². The molecule has 0 aliphatic heterocycles. The molecule has 0 heterocycles. The summed E-state index contributed by atoms with van der Waals surface area (Å²) in [6, 6.07) is 0. The monoisotopic (exact) mass is 592 g/mol. The van der Waals surface area contributed by atoms with Gasteiger partial charge < -0.3 is 4.90 Å². The van der Waals surface area contributed by atoms with Gasteiger partial charge in [0.05, 0.1) is 0 Å². The maximum atomic E-state index is 2.60. The minimum Gasteiger partial charge on any atom is -0.306 e. The molecule has 0 fully saturated rings. The van der Waals surface area contributed by atoms with Crippen LogP contribution in [0.25, 0.3) is 0 Å². The standard InChI is InChI=1S/C41H85N/c1-4-6-8-10-12-14-16-18-20-22-24-26-28-30-32-34-36-38-40-42(3)41-39-37-35-33-31-29-27-25-23-21-19-17-15-13-11-9-7-5-2/h4-41H2,1-3H3. The summed E-state index contributed by atoms with van der Waals surface area (Å²) >= 11 is 0. The van der Waals surface area contributed by atoms with Gasteiger partial charge in [-0.15, -0.1) is 0 Å². The van der Waals surface area contributed by atoms with E-state index in [1.54, 1.807) is 0 Å². The van der Waals surface area contributed by atoms with Gasteiger partial charge in [0.25, 0.3) is 0 Å². The third-order valence-electron chi connectivity index (χ3n) is 9.79. The molecule has 0 saturated carbocycles. The van der Waals surface area contributed by atoms with Crippen molar-refractivity contribution in [3.05, 3.63) is 0 Å². The van der Waals surface area contributed by atoms with E-state index in [-0.39, 0.29) is 0 Å². The summed E-state index contributed by atoms with van der Waals surface area (Å²) in [6.45, 7) is 7.25. The van der Waals surface area contributed by atoms with E-state index in [1.165, 1.54) is 244 Å². The summed E-state index contributed by atoms with van der Waals surface area (Å²) in [7, 11) is 2.35. The van der Waals surface area contributed by atoms with Crippen molar-refractivity contribution in [2.75, 3.05) is 20.1 Å². The van der Waals surface area contributed by atoms with E-state index in [9.17, 15) is 0 Å². The third-order valence-corrected chi connectivity index (χ3v) is 9.79. The second kappa shape index (κ2) is 39.0.